The standard InChI is InChI=1S/C15H22ClN5O7S2.C5H8O5.CO2/c16-11-7-12-14(8-13(11)29(17,24)25)30(26,27)19-15(18-12)9-20-4-1-10(2-5-20)3-6-28-21(22)23;1-5(9,4(7)8)2-10-3-6;2-1-3/h7-8,10,15,18-19H,1-6,9H2,(H2,17,24,25);3,9H,2H2,1H3,(H,7,8);. The van der Waals surface area contributed by atoms with Crippen LogP contribution in [0.25, 0.3) is 0 Å². The van der Waals surface area contributed by atoms with Gasteiger partial charge in [-0.2, -0.15) is 14.3 Å². The maximum atomic E-state index is 12.6. The summed E-state index contributed by atoms with van der Waals surface area (Å²) in [5.74, 6) is -1.11. The van der Waals surface area contributed by atoms with E-state index in [2.05, 4.69) is 24.5 Å². The van der Waals surface area contributed by atoms with Crippen LogP contribution in [0.1, 0.15) is 26.2 Å². The van der Waals surface area contributed by atoms with Crippen LogP contribution < -0.4 is 15.2 Å². The zero-order chi connectivity index (χ0) is 33.0. The van der Waals surface area contributed by atoms with Crippen molar-refractivity contribution in [2.75, 3.05) is 38.2 Å². The largest absolute Gasteiger partial charge is 0.479 e. The molecule has 2 heterocycles. The summed E-state index contributed by atoms with van der Waals surface area (Å²) < 4.78 is 55.0. The van der Waals surface area contributed by atoms with Gasteiger partial charge in [0.15, 0.2) is 5.60 Å². The van der Waals surface area contributed by atoms with Crippen LogP contribution in [0.2, 0.25) is 5.02 Å². The van der Waals surface area contributed by atoms with E-state index in [9.17, 15) is 36.5 Å². The minimum Gasteiger partial charge on any atom is -0.479 e. The molecule has 1 aromatic carbocycles. The first-order valence-corrected chi connectivity index (χ1v) is 15.4. The Bertz CT molecular complexity index is 1390. The lowest BCUT2D eigenvalue weighted by atomic mass is 9.94. The summed E-state index contributed by atoms with van der Waals surface area (Å²) in [6, 6.07) is 2.18. The molecule has 1 aromatic rings. The average Bonchev–Trinajstić information content (AvgIpc) is 2.87. The molecule has 0 aliphatic carbocycles. The number of aliphatic hydroxyl groups is 1. The molecule has 43 heavy (non-hydrogen) atoms. The number of likely N-dealkylation sites (tertiary alicyclic amines) is 1. The Labute approximate surface area is 250 Å². The van der Waals surface area contributed by atoms with E-state index in [4.69, 9.17) is 36.5 Å². The number of hydrogen-bond donors (Lipinski definition) is 5. The number of hydrogen-bond acceptors (Lipinski definition) is 15. The minimum atomic E-state index is -4.18. The third-order valence-electron chi connectivity index (χ3n) is 6.02. The third-order valence-corrected chi connectivity index (χ3v) is 8.91. The number of primary sulfonamides is 1. The minimum absolute atomic E-state index is 0.0691. The van der Waals surface area contributed by atoms with Crippen molar-refractivity contribution in [1.29, 1.82) is 0 Å². The third kappa shape index (κ3) is 12.4. The van der Waals surface area contributed by atoms with E-state index < -0.39 is 54.4 Å². The van der Waals surface area contributed by atoms with Gasteiger partial charge in [-0.1, -0.05) is 11.6 Å². The summed E-state index contributed by atoms with van der Waals surface area (Å²) in [6.07, 6.45) is 1.86. The molecule has 242 valence electrons. The number of sulfonamides is 2. The summed E-state index contributed by atoms with van der Waals surface area (Å²) >= 11 is 5.98. The van der Waals surface area contributed by atoms with Gasteiger partial charge in [0, 0.05) is 6.54 Å². The van der Waals surface area contributed by atoms with Crippen LogP contribution in [0.4, 0.5) is 5.69 Å². The highest BCUT2D eigenvalue weighted by molar-refractivity contribution is 7.90. The Balaban J connectivity index is 0.000000599. The highest BCUT2D eigenvalue weighted by Gasteiger charge is 2.33. The number of benzene rings is 1. The summed E-state index contributed by atoms with van der Waals surface area (Å²) in [5.41, 5.74) is -1.79. The molecule has 6 N–H and O–H groups in total. The number of ether oxygens (including phenoxy) is 1. The molecule has 0 aromatic heterocycles. The van der Waals surface area contributed by atoms with Crippen LogP contribution in [0.3, 0.4) is 0 Å². The summed E-state index contributed by atoms with van der Waals surface area (Å²) in [5, 5.41) is 34.4. The number of piperidine rings is 1. The second-order valence-corrected chi connectivity index (χ2v) is 12.9. The van der Waals surface area contributed by atoms with Crippen molar-refractivity contribution in [2.24, 2.45) is 11.1 Å². The number of halogens is 1. The zero-order valence-corrected chi connectivity index (χ0v) is 24.9. The predicted octanol–water partition coefficient (Wildman–Crippen LogP) is -1.26. The number of carboxylic acids is 1. The van der Waals surface area contributed by atoms with E-state index in [1.165, 1.54) is 6.07 Å². The number of nitrogens with two attached hydrogens (primary N) is 1. The van der Waals surface area contributed by atoms with E-state index in [-0.39, 0.29) is 34.8 Å². The number of carbonyl (C=O) groups excluding carboxylic acids is 3. The predicted molar refractivity (Wildman–Crippen MR) is 143 cm³/mol. The molecule has 2 aliphatic heterocycles. The van der Waals surface area contributed by atoms with Crippen LogP contribution in [-0.2, 0) is 48.8 Å². The van der Waals surface area contributed by atoms with Crippen LogP contribution in [0.15, 0.2) is 21.9 Å². The summed E-state index contributed by atoms with van der Waals surface area (Å²) in [6.45, 7) is 2.45. The second-order valence-electron chi connectivity index (χ2n) is 9.30. The first-order chi connectivity index (χ1) is 19.9. The Morgan fingerprint density at radius 1 is 1.35 bits per heavy atom. The Morgan fingerprint density at radius 2 is 1.93 bits per heavy atom. The first kappa shape index (κ1) is 37.6. The Morgan fingerprint density at radius 3 is 2.42 bits per heavy atom. The van der Waals surface area contributed by atoms with Crippen LogP contribution in [-0.4, -0.2) is 100 Å². The van der Waals surface area contributed by atoms with Gasteiger partial charge in [0.2, 0.25) is 20.0 Å². The fraction of sp³-hybridized carbons (Fsp3) is 0.571. The SMILES string of the molecule is CC(O)(COC=O)C(=O)O.NS(=O)(=O)c1cc2c(cc1Cl)NC(CN1CCC(CCO[N+](=O)[O-])CC1)NS2(=O)=O.O=C=O. The maximum Gasteiger partial charge on any atom is 0.373 e. The van der Waals surface area contributed by atoms with Gasteiger partial charge in [-0.15, -0.1) is 10.1 Å². The smallest absolute Gasteiger partial charge is 0.373 e. The molecule has 0 spiro atoms. The fourth-order valence-corrected chi connectivity index (χ4v) is 6.40. The van der Waals surface area contributed by atoms with Crippen molar-refractivity contribution in [2.45, 2.75) is 47.7 Å². The van der Waals surface area contributed by atoms with Crippen LogP contribution >= 0.6 is 11.6 Å². The lowest BCUT2D eigenvalue weighted by Crippen LogP contribution is -2.52. The molecule has 2 atom stereocenters. The number of carboxylic acid groups (broad SMARTS) is 1. The van der Waals surface area contributed by atoms with Gasteiger partial charge in [-0.3, -0.25) is 9.69 Å². The topological polar surface area (TPSA) is 292 Å². The van der Waals surface area contributed by atoms with Crippen molar-refractivity contribution >= 4 is 55.9 Å². The van der Waals surface area contributed by atoms with Crippen molar-refractivity contribution in [3.8, 4) is 0 Å². The second kappa shape index (κ2) is 16.4. The van der Waals surface area contributed by atoms with Crippen LogP contribution in [0.5, 0.6) is 0 Å². The molecule has 2 aliphatic rings. The number of rotatable bonds is 11. The van der Waals surface area contributed by atoms with E-state index in [0.29, 0.717) is 32.0 Å². The molecule has 0 radical (unpaired) electrons. The molecule has 19 nitrogen and oxygen atoms in total. The molecule has 1 saturated heterocycles. The monoisotopic (exact) mass is 675 g/mol. The van der Waals surface area contributed by atoms with E-state index >= 15 is 0 Å². The molecule has 0 amide bonds. The van der Waals surface area contributed by atoms with Gasteiger partial charge < -0.3 is 25.1 Å². The lowest BCUT2D eigenvalue weighted by Gasteiger charge is -2.36. The zero-order valence-electron chi connectivity index (χ0n) is 22.5. The normalized spacial score (nSPS) is 19.2. The first-order valence-electron chi connectivity index (χ1n) is 12.0. The van der Waals surface area contributed by atoms with E-state index in [1.54, 1.807) is 0 Å². The van der Waals surface area contributed by atoms with E-state index in [1.807, 2.05) is 0 Å². The molecular weight excluding hydrogens is 646 g/mol. The molecule has 1 fully saturated rings. The van der Waals surface area contributed by atoms with Crippen molar-refractivity contribution < 1.29 is 60.9 Å². The fourth-order valence-electron chi connectivity index (χ4n) is 3.91. The number of carbonyl (C=O) groups is 2. The van der Waals surface area contributed by atoms with Gasteiger partial charge in [0.05, 0.1) is 17.3 Å². The molecular formula is C21H30ClN5O14S2. The molecule has 22 heteroatoms. The highest BCUT2D eigenvalue weighted by Crippen LogP contribution is 2.34. The molecule has 3 rings (SSSR count). The van der Waals surface area contributed by atoms with Crippen molar-refractivity contribution in [1.82, 2.24) is 9.62 Å². The van der Waals surface area contributed by atoms with Crippen molar-refractivity contribution in [3.63, 3.8) is 0 Å². The van der Waals surface area contributed by atoms with Gasteiger partial charge in [-0.05, 0) is 57.3 Å². The van der Waals surface area contributed by atoms with Gasteiger partial charge in [-0.25, -0.2) is 26.8 Å². The van der Waals surface area contributed by atoms with E-state index in [0.717, 1.165) is 25.8 Å². The highest BCUT2D eigenvalue weighted by atomic mass is 35.5. The summed E-state index contributed by atoms with van der Waals surface area (Å²) in [4.78, 5) is 51.8. The summed E-state index contributed by atoms with van der Waals surface area (Å²) in [7, 11) is -8.15. The molecule has 0 bridgehead atoms. The average molecular weight is 676 g/mol. The van der Waals surface area contributed by atoms with Crippen LogP contribution in [0, 0.1) is 16.0 Å². The van der Waals surface area contributed by atoms with Gasteiger partial charge in [0.25, 0.3) is 11.6 Å². The number of fused-ring (bicyclic) bond motifs is 1. The molecule has 2 unspecified atom stereocenters. The Kier molecular flexibility index (Phi) is 14.4. The number of aliphatic carboxylic acids is 1. The Hall–Kier alpha value is -3.43. The van der Waals surface area contributed by atoms with Gasteiger partial charge >= 0.3 is 12.1 Å². The number of nitrogens with one attached hydrogen (secondary N) is 2. The lowest BCUT2D eigenvalue weighted by molar-refractivity contribution is -0.758. The number of anilines is 1. The van der Waals surface area contributed by atoms with Crippen molar-refractivity contribution in [3.05, 3.63) is 27.3 Å². The van der Waals surface area contributed by atoms with Gasteiger partial charge in [0.1, 0.15) is 22.6 Å². The maximum absolute atomic E-state index is 12.6. The number of nitrogens with zero attached hydrogens (tertiary/aromatic N) is 2. The quantitative estimate of drug-likeness (QED) is 0.104. The molecule has 0 saturated carbocycles.